The number of nitrogens with one attached hydrogen (secondary N) is 1. The van der Waals surface area contributed by atoms with Crippen LogP contribution in [-0.2, 0) is 11.3 Å². The molecule has 148 valence electrons. The van der Waals surface area contributed by atoms with Crippen LogP contribution >= 0.6 is 0 Å². The monoisotopic (exact) mass is 388 g/mol. The van der Waals surface area contributed by atoms with Crippen molar-refractivity contribution >= 4 is 12.1 Å². The lowest BCUT2D eigenvalue weighted by molar-refractivity contribution is -0.122. The van der Waals surface area contributed by atoms with Crippen LogP contribution in [-0.4, -0.2) is 59.8 Å². The van der Waals surface area contributed by atoms with Gasteiger partial charge in [-0.15, -0.1) is 0 Å². The van der Waals surface area contributed by atoms with Gasteiger partial charge in [-0.3, -0.25) is 14.6 Å². The molecule has 0 atom stereocenters. The predicted octanol–water partition coefficient (Wildman–Crippen LogP) is 1.94. The highest BCUT2D eigenvalue weighted by Crippen LogP contribution is 2.15. The van der Waals surface area contributed by atoms with E-state index in [0.29, 0.717) is 0 Å². The van der Waals surface area contributed by atoms with Crippen molar-refractivity contribution in [3.05, 3.63) is 65.2 Å². The molecule has 0 bridgehead atoms. The number of rotatable bonds is 6. The van der Waals surface area contributed by atoms with E-state index in [9.17, 15) is 18.7 Å². The molecule has 0 aliphatic carbocycles. The predicted molar refractivity (Wildman–Crippen MR) is 102 cm³/mol. The maximum Gasteiger partial charge on any atom is 0.254 e. The van der Waals surface area contributed by atoms with E-state index in [1.54, 1.807) is 12.1 Å². The van der Waals surface area contributed by atoms with Crippen LogP contribution in [0.5, 0.6) is 5.75 Å². The molecule has 2 aromatic rings. The number of halogens is 2. The van der Waals surface area contributed by atoms with E-state index in [4.69, 9.17) is 0 Å². The summed E-state index contributed by atoms with van der Waals surface area (Å²) in [6.45, 7) is 4.06. The first-order valence-electron chi connectivity index (χ1n) is 8.99. The quantitative estimate of drug-likeness (QED) is 0.586. The third-order valence-electron chi connectivity index (χ3n) is 4.53. The number of carbonyl (C=O) groups excluding carboxylic acids is 1. The molecule has 1 heterocycles. The summed E-state index contributed by atoms with van der Waals surface area (Å²) < 4.78 is 26.1. The average Bonchev–Trinajstić information content (AvgIpc) is 2.68. The fourth-order valence-corrected chi connectivity index (χ4v) is 2.99. The summed E-state index contributed by atoms with van der Waals surface area (Å²) in [5.74, 6) is -1.13. The fraction of sp³-hybridized carbons (Fsp3) is 0.300. The van der Waals surface area contributed by atoms with Gasteiger partial charge < -0.3 is 5.11 Å². The minimum Gasteiger partial charge on any atom is -0.507 e. The Morgan fingerprint density at radius 2 is 1.68 bits per heavy atom. The average molecular weight is 388 g/mol. The molecular weight excluding hydrogens is 366 g/mol. The molecule has 28 heavy (non-hydrogen) atoms. The summed E-state index contributed by atoms with van der Waals surface area (Å²) in [7, 11) is 0. The molecule has 1 aliphatic heterocycles. The van der Waals surface area contributed by atoms with Gasteiger partial charge in [-0.25, -0.2) is 14.2 Å². The second-order valence-electron chi connectivity index (χ2n) is 6.68. The van der Waals surface area contributed by atoms with Gasteiger partial charge in [0.2, 0.25) is 0 Å². The highest BCUT2D eigenvalue weighted by atomic mass is 19.1. The minimum absolute atomic E-state index is 0.114. The molecule has 1 fully saturated rings. The molecular formula is C20H22F2N4O2. The van der Waals surface area contributed by atoms with Crippen molar-refractivity contribution < 1.29 is 18.7 Å². The van der Waals surface area contributed by atoms with Crippen LogP contribution in [0.1, 0.15) is 11.1 Å². The summed E-state index contributed by atoms with van der Waals surface area (Å²) in [6, 6.07) is 9.98. The second kappa shape index (κ2) is 9.38. The summed E-state index contributed by atoms with van der Waals surface area (Å²) in [5, 5.41) is 13.4. The summed E-state index contributed by atoms with van der Waals surface area (Å²) in [5.41, 5.74) is 3.64. The Morgan fingerprint density at radius 3 is 2.39 bits per heavy atom. The van der Waals surface area contributed by atoms with Crippen molar-refractivity contribution in [3.63, 3.8) is 0 Å². The standard InChI is InChI=1S/C20H22F2N4O2/c21-17-3-1-15(2-4-17)13-25-7-9-26(10-8-25)14-20(28)24-23-12-16-11-18(22)5-6-19(16)27/h1-6,11-12,27H,7-10,13-14H2,(H,24,28)/b23-12-. The van der Waals surface area contributed by atoms with Gasteiger partial charge in [0.25, 0.3) is 5.91 Å². The zero-order valence-electron chi connectivity index (χ0n) is 15.3. The topological polar surface area (TPSA) is 68.2 Å². The number of nitrogens with zero attached hydrogens (tertiary/aromatic N) is 3. The first-order chi connectivity index (χ1) is 13.5. The van der Waals surface area contributed by atoms with Crippen molar-refractivity contribution in [1.29, 1.82) is 0 Å². The first kappa shape index (κ1) is 19.9. The molecule has 1 amide bonds. The third-order valence-corrected chi connectivity index (χ3v) is 4.53. The van der Waals surface area contributed by atoms with Crippen LogP contribution < -0.4 is 5.43 Å². The molecule has 0 aromatic heterocycles. The Kier molecular flexibility index (Phi) is 6.67. The lowest BCUT2D eigenvalue weighted by Crippen LogP contribution is -2.48. The Hall–Kier alpha value is -2.84. The summed E-state index contributed by atoms with van der Waals surface area (Å²) in [6.07, 6.45) is 1.21. The highest BCUT2D eigenvalue weighted by Gasteiger charge is 2.18. The van der Waals surface area contributed by atoms with E-state index in [1.165, 1.54) is 24.4 Å². The third kappa shape index (κ3) is 5.83. The van der Waals surface area contributed by atoms with Crippen molar-refractivity contribution in [2.75, 3.05) is 32.7 Å². The number of phenolic OH excluding ortho intramolecular Hbond substituents is 1. The first-order valence-corrected chi connectivity index (χ1v) is 8.99. The van der Waals surface area contributed by atoms with Crippen molar-refractivity contribution in [2.24, 2.45) is 5.10 Å². The Labute approximate surface area is 162 Å². The Morgan fingerprint density at radius 1 is 1.04 bits per heavy atom. The number of aromatic hydroxyl groups is 1. The second-order valence-corrected chi connectivity index (χ2v) is 6.68. The zero-order valence-corrected chi connectivity index (χ0v) is 15.3. The maximum atomic E-state index is 13.1. The SMILES string of the molecule is O=C(CN1CCN(Cc2ccc(F)cc2)CC1)N/N=C\c1cc(F)ccc1O. The van der Waals surface area contributed by atoms with Gasteiger partial charge in [-0.1, -0.05) is 12.1 Å². The molecule has 8 heteroatoms. The van der Waals surface area contributed by atoms with E-state index in [1.807, 2.05) is 4.90 Å². The number of carbonyl (C=O) groups is 1. The lowest BCUT2D eigenvalue weighted by Gasteiger charge is -2.34. The number of benzene rings is 2. The molecule has 2 N–H and O–H groups in total. The number of phenols is 1. The van der Waals surface area contributed by atoms with E-state index in [-0.39, 0.29) is 29.6 Å². The Bertz CT molecular complexity index is 835. The summed E-state index contributed by atoms with van der Waals surface area (Å²) >= 11 is 0. The van der Waals surface area contributed by atoms with Gasteiger partial charge in [-0.2, -0.15) is 5.10 Å². The smallest absolute Gasteiger partial charge is 0.254 e. The van der Waals surface area contributed by atoms with Crippen LogP contribution in [0.25, 0.3) is 0 Å². The fourth-order valence-electron chi connectivity index (χ4n) is 2.99. The zero-order chi connectivity index (χ0) is 19.9. The largest absolute Gasteiger partial charge is 0.507 e. The Balaban J connectivity index is 1.40. The molecule has 6 nitrogen and oxygen atoms in total. The number of hydrazone groups is 1. The molecule has 0 spiro atoms. The molecule has 0 saturated carbocycles. The summed E-state index contributed by atoms with van der Waals surface area (Å²) in [4.78, 5) is 16.3. The van der Waals surface area contributed by atoms with Gasteiger partial charge in [0.15, 0.2) is 0 Å². The van der Waals surface area contributed by atoms with Gasteiger partial charge >= 0.3 is 0 Å². The van der Waals surface area contributed by atoms with Crippen molar-refractivity contribution in [2.45, 2.75) is 6.54 Å². The maximum absolute atomic E-state index is 13.1. The van der Waals surface area contributed by atoms with Gasteiger partial charge in [0, 0.05) is 38.3 Å². The lowest BCUT2D eigenvalue weighted by atomic mass is 10.2. The van der Waals surface area contributed by atoms with Crippen molar-refractivity contribution in [3.8, 4) is 5.75 Å². The van der Waals surface area contributed by atoms with Crippen molar-refractivity contribution in [1.82, 2.24) is 15.2 Å². The number of amides is 1. The van der Waals surface area contributed by atoms with Gasteiger partial charge in [0.1, 0.15) is 17.4 Å². The van der Waals surface area contributed by atoms with Crippen LogP contribution in [0.15, 0.2) is 47.6 Å². The molecule has 0 radical (unpaired) electrons. The molecule has 1 saturated heterocycles. The number of hydrogen-bond acceptors (Lipinski definition) is 5. The van der Waals surface area contributed by atoms with E-state index >= 15 is 0 Å². The van der Waals surface area contributed by atoms with Crippen LogP contribution in [0.3, 0.4) is 0 Å². The van der Waals surface area contributed by atoms with Crippen LogP contribution in [0.4, 0.5) is 8.78 Å². The molecule has 1 aliphatic rings. The minimum atomic E-state index is -0.496. The molecule has 0 unspecified atom stereocenters. The highest BCUT2D eigenvalue weighted by molar-refractivity contribution is 5.85. The normalized spacial score (nSPS) is 15.8. The molecule has 3 rings (SSSR count). The van der Waals surface area contributed by atoms with E-state index in [2.05, 4.69) is 15.4 Å². The molecule has 2 aromatic carbocycles. The number of hydrogen-bond donors (Lipinski definition) is 2. The van der Waals surface area contributed by atoms with E-state index in [0.717, 1.165) is 50.4 Å². The van der Waals surface area contributed by atoms with Crippen LogP contribution in [0, 0.1) is 11.6 Å². The van der Waals surface area contributed by atoms with Gasteiger partial charge in [0.05, 0.1) is 12.8 Å². The number of piperazine rings is 1. The van der Waals surface area contributed by atoms with Gasteiger partial charge in [-0.05, 0) is 35.9 Å². The van der Waals surface area contributed by atoms with Crippen LogP contribution in [0.2, 0.25) is 0 Å². The van der Waals surface area contributed by atoms with E-state index < -0.39 is 5.82 Å².